The van der Waals surface area contributed by atoms with Gasteiger partial charge in [-0.2, -0.15) is 0 Å². The first-order valence-electron chi connectivity index (χ1n) is 8.09. The molecule has 1 heterocycles. The molecule has 0 saturated carbocycles. The number of nitrogens with one attached hydrogen (secondary N) is 1. The number of pyridine rings is 1. The first-order valence-corrected chi connectivity index (χ1v) is 8.09. The quantitative estimate of drug-likeness (QED) is 0.878. The lowest BCUT2D eigenvalue weighted by atomic mass is 9.98. The average molecular weight is 280 g/mol. The number of rotatable bonds is 6. The van der Waals surface area contributed by atoms with Crippen molar-refractivity contribution >= 4 is 0 Å². The number of aryl methyl sites for hydroxylation is 2. The molecular weight excluding hydrogens is 256 g/mol. The Labute approximate surface area is 127 Å². The molecule has 2 heteroatoms. The summed E-state index contributed by atoms with van der Waals surface area (Å²) in [4.78, 5) is 4.46. The monoisotopic (exact) mass is 280 g/mol. The Morgan fingerprint density at radius 1 is 1.10 bits per heavy atom. The zero-order valence-corrected chi connectivity index (χ0v) is 12.8. The summed E-state index contributed by atoms with van der Waals surface area (Å²) in [5.41, 5.74) is 5.76. The van der Waals surface area contributed by atoms with E-state index < -0.39 is 0 Å². The fraction of sp³-hybridized carbons (Fsp3) is 0.421. The molecule has 0 amide bonds. The minimum atomic E-state index is 0.462. The van der Waals surface area contributed by atoms with Crippen LogP contribution in [0.1, 0.15) is 35.7 Å². The Bertz CT molecular complexity index is 577. The zero-order valence-electron chi connectivity index (χ0n) is 12.8. The van der Waals surface area contributed by atoms with Gasteiger partial charge in [-0.25, -0.2) is 0 Å². The number of hydrogen-bond acceptors (Lipinski definition) is 2. The molecule has 1 unspecified atom stereocenters. The third kappa shape index (κ3) is 3.70. The number of benzene rings is 1. The van der Waals surface area contributed by atoms with E-state index in [0.29, 0.717) is 6.04 Å². The molecule has 1 aliphatic carbocycles. The van der Waals surface area contributed by atoms with E-state index in [0.717, 1.165) is 19.4 Å². The van der Waals surface area contributed by atoms with Crippen LogP contribution in [0, 0.1) is 0 Å². The van der Waals surface area contributed by atoms with Crippen LogP contribution < -0.4 is 5.32 Å². The van der Waals surface area contributed by atoms with E-state index in [2.05, 4.69) is 47.6 Å². The molecule has 1 aromatic carbocycles. The van der Waals surface area contributed by atoms with Gasteiger partial charge < -0.3 is 5.32 Å². The van der Waals surface area contributed by atoms with Crippen LogP contribution in [-0.4, -0.2) is 17.6 Å². The van der Waals surface area contributed by atoms with Crippen molar-refractivity contribution in [3.05, 3.63) is 65.0 Å². The van der Waals surface area contributed by atoms with E-state index in [9.17, 15) is 0 Å². The lowest BCUT2D eigenvalue weighted by molar-refractivity contribution is 0.516. The fourth-order valence-corrected chi connectivity index (χ4v) is 3.31. The highest BCUT2D eigenvalue weighted by molar-refractivity contribution is 5.35. The van der Waals surface area contributed by atoms with Crippen LogP contribution in [-0.2, 0) is 25.7 Å². The summed E-state index contributed by atoms with van der Waals surface area (Å²) in [6.07, 6.45) is 7.80. The molecule has 1 atom stereocenters. The molecular formula is C19H24N2. The minimum absolute atomic E-state index is 0.462. The third-order valence-corrected chi connectivity index (χ3v) is 4.32. The fourth-order valence-electron chi connectivity index (χ4n) is 3.31. The van der Waals surface area contributed by atoms with Gasteiger partial charge in [0, 0.05) is 24.4 Å². The summed E-state index contributed by atoms with van der Waals surface area (Å²) < 4.78 is 0. The van der Waals surface area contributed by atoms with E-state index >= 15 is 0 Å². The Balaban J connectivity index is 1.70. The predicted octanol–water partition coefficient (Wildman–Crippen LogP) is 3.33. The Morgan fingerprint density at radius 2 is 2.00 bits per heavy atom. The highest BCUT2D eigenvalue weighted by Crippen LogP contribution is 2.23. The molecule has 1 aromatic heterocycles. The number of hydrogen-bond donors (Lipinski definition) is 1. The van der Waals surface area contributed by atoms with Gasteiger partial charge in [0.15, 0.2) is 0 Å². The van der Waals surface area contributed by atoms with Gasteiger partial charge in [-0.1, -0.05) is 31.2 Å². The second kappa shape index (κ2) is 6.86. The van der Waals surface area contributed by atoms with Gasteiger partial charge in [0.25, 0.3) is 0 Å². The van der Waals surface area contributed by atoms with E-state index in [-0.39, 0.29) is 0 Å². The van der Waals surface area contributed by atoms with Crippen LogP contribution in [0.4, 0.5) is 0 Å². The van der Waals surface area contributed by atoms with Crippen molar-refractivity contribution in [1.29, 1.82) is 0 Å². The predicted molar refractivity (Wildman–Crippen MR) is 87.6 cm³/mol. The molecule has 0 saturated heterocycles. The number of likely N-dealkylation sites (N-methyl/N-ethyl adjacent to an activating group) is 1. The molecule has 2 aromatic rings. The van der Waals surface area contributed by atoms with E-state index in [1.54, 1.807) is 11.1 Å². The molecule has 21 heavy (non-hydrogen) atoms. The van der Waals surface area contributed by atoms with Crippen molar-refractivity contribution in [2.75, 3.05) is 6.54 Å². The maximum atomic E-state index is 4.46. The highest BCUT2D eigenvalue weighted by atomic mass is 14.9. The second-order valence-electron chi connectivity index (χ2n) is 5.94. The van der Waals surface area contributed by atoms with Crippen LogP contribution in [0.5, 0.6) is 0 Å². The lowest BCUT2D eigenvalue weighted by Gasteiger charge is -2.18. The number of nitrogens with zero attached hydrogens (tertiary/aromatic N) is 1. The van der Waals surface area contributed by atoms with Crippen molar-refractivity contribution in [2.45, 2.75) is 45.1 Å². The molecule has 110 valence electrons. The van der Waals surface area contributed by atoms with Gasteiger partial charge in [-0.05, 0) is 61.1 Å². The SMILES string of the molecule is CCNC(Cc1ccc2c(c1)CCC2)Cc1ccccn1. The number of aromatic nitrogens is 1. The summed E-state index contributed by atoms with van der Waals surface area (Å²) in [5, 5.41) is 3.61. The lowest BCUT2D eigenvalue weighted by Crippen LogP contribution is -2.33. The molecule has 0 aliphatic heterocycles. The average Bonchev–Trinajstić information content (AvgIpc) is 2.96. The van der Waals surface area contributed by atoms with Crippen LogP contribution in [0.15, 0.2) is 42.6 Å². The van der Waals surface area contributed by atoms with E-state index in [1.165, 1.54) is 30.5 Å². The van der Waals surface area contributed by atoms with Gasteiger partial charge in [0.1, 0.15) is 0 Å². The molecule has 0 bridgehead atoms. The maximum absolute atomic E-state index is 4.46. The van der Waals surface area contributed by atoms with Gasteiger partial charge >= 0.3 is 0 Å². The molecule has 2 nitrogen and oxygen atoms in total. The molecule has 1 N–H and O–H groups in total. The number of fused-ring (bicyclic) bond motifs is 1. The summed E-state index contributed by atoms with van der Waals surface area (Å²) >= 11 is 0. The third-order valence-electron chi connectivity index (χ3n) is 4.32. The van der Waals surface area contributed by atoms with Crippen molar-refractivity contribution in [3.63, 3.8) is 0 Å². The summed E-state index contributed by atoms with van der Waals surface area (Å²) in [7, 11) is 0. The van der Waals surface area contributed by atoms with Crippen molar-refractivity contribution in [3.8, 4) is 0 Å². The molecule has 0 spiro atoms. The molecule has 1 aliphatic rings. The molecule has 0 radical (unpaired) electrons. The first kappa shape index (κ1) is 14.3. The van der Waals surface area contributed by atoms with Crippen LogP contribution in [0.3, 0.4) is 0 Å². The van der Waals surface area contributed by atoms with E-state index in [4.69, 9.17) is 0 Å². The summed E-state index contributed by atoms with van der Waals surface area (Å²) in [5.74, 6) is 0. The summed E-state index contributed by atoms with van der Waals surface area (Å²) in [6, 6.07) is 13.7. The zero-order chi connectivity index (χ0) is 14.5. The minimum Gasteiger partial charge on any atom is -0.314 e. The van der Waals surface area contributed by atoms with Crippen molar-refractivity contribution in [2.24, 2.45) is 0 Å². The Hall–Kier alpha value is -1.67. The maximum Gasteiger partial charge on any atom is 0.0419 e. The van der Waals surface area contributed by atoms with Gasteiger partial charge in [0.2, 0.25) is 0 Å². The Kier molecular flexibility index (Phi) is 4.66. The second-order valence-corrected chi connectivity index (χ2v) is 5.94. The topological polar surface area (TPSA) is 24.9 Å². The van der Waals surface area contributed by atoms with Crippen LogP contribution in [0.2, 0.25) is 0 Å². The molecule has 3 rings (SSSR count). The highest BCUT2D eigenvalue weighted by Gasteiger charge is 2.14. The van der Waals surface area contributed by atoms with Crippen molar-refractivity contribution < 1.29 is 0 Å². The Morgan fingerprint density at radius 3 is 2.81 bits per heavy atom. The van der Waals surface area contributed by atoms with Crippen LogP contribution >= 0.6 is 0 Å². The largest absolute Gasteiger partial charge is 0.314 e. The van der Waals surface area contributed by atoms with Gasteiger partial charge in [-0.15, -0.1) is 0 Å². The summed E-state index contributed by atoms with van der Waals surface area (Å²) in [6.45, 7) is 3.18. The smallest absolute Gasteiger partial charge is 0.0419 e. The van der Waals surface area contributed by atoms with Crippen LogP contribution in [0.25, 0.3) is 0 Å². The van der Waals surface area contributed by atoms with Gasteiger partial charge in [0.05, 0.1) is 0 Å². The standard InChI is InChI=1S/C19H24N2/c1-2-20-19(14-18-8-3-4-11-21-18)13-15-9-10-16-6-5-7-17(16)12-15/h3-4,8-12,19-20H,2,5-7,13-14H2,1H3. The van der Waals surface area contributed by atoms with Gasteiger partial charge in [-0.3, -0.25) is 4.98 Å². The van der Waals surface area contributed by atoms with E-state index in [1.807, 2.05) is 12.3 Å². The molecule has 0 fully saturated rings. The first-order chi connectivity index (χ1) is 10.3. The normalized spacial score (nSPS) is 14.9. The van der Waals surface area contributed by atoms with Crippen molar-refractivity contribution in [1.82, 2.24) is 10.3 Å².